The SMILES string of the molecule is CC(O)(C(=O)NN)c1ccccc1. The highest BCUT2D eigenvalue weighted by Crippen LogP contribution is 2.19. The van der Waals surface area contributed by atoms with Crippen molar-refractivity contribution in [3.05, 3.63) is 35.9 Å². The summed E-state index contributed by atoms with van der Waals surface area (Å²) in [5, 5.41) is 9.76. The van der Waals surface area contributed by atoms with E-state index in [0.717, 1.165) is 0 Å². The molecule has 0 saturated heterocycles. The number of rotatable bonds is 2. The van der Waals surface area contributed by atoms with Gasteiger partial charge in [-0.2, -0.15) is 0 Å². The molecule has 4 nitrogen and oxygen atoms in total. The Hall–Kier alpha value is -1.39. The third-order valence-electron chi connectivity index (χ3n) is 1.91. The molecule has 0 radical (unpaired) electrons. The van der Waals surface area contributed by atoms with E-state index in [1.54, 1.807) is 30.3 Å². The van der Waals surface area contributed by atoms with Gasteiger partial charge in [-0.1, -0.05) is 30.3 Å². The van der Waals surface area contributed by atoms with Gasteiger partial charge in [0.2, 0.25) is 0 Å². The van der Waals surface area contributed by atoms with Gasteiger partial charge < -0.3 is 5.11 Å². The van der Waals surface area contributed by atoms with Crippen molar-refractivity contribution in [2.45, 2.75) is 12.5 Å². The lowest BCUT2D eigenvalue weighted by atomic mass is 9.95. The molecule has 0 heterocycles. The molecule has 13 heavy (non-hydrogen) atoms. The lowest BCUT2D eigenvalue weighted by molar-refractivity contribution is -0.139. The van der Waals surface area contributed by atoms with Crippen molar-refractivity contribution in [3.8, 4) is 0 Å². The molecule has 1 rings (SSSR count). The lowest BCUT2D eigenvalue weighted by Gasteiger charge is -2.20. The topological polar surface area (TPSA) is 75.3 Å². The van der Waals surface area contributed by atoms with Gasteiger partial charge in [0.05, 0.1) is 0 Å². The van der Waals surface area contributed by atoms with Gasteiger partial charge in [-0.15, -0.1) is 0 Å². The molecule has 4 N–H and O–H groups in total. The van der Waals surface area contributed by atoms with Gasteiger partial charge in [0.15, 0.2) is 5.60 Å². The summed E-state index contributed by atoms with van der Waals surface area (Å²) in [6, 6.07) is 8.62. The first kappa shape index (κ1) is 9.70. The van der Waals surface area contributed by atoms with Crippen LogP contribution < -0.4 is 11.3 Å². The molecule has 0 aliphatic carbocycles. The zero-order valence-electron chi connectivity index (χ0n) is 7.32. The largest absolute Gasteiger partial charge is 0.375 e. The van der Waals surface area contributed by atoms with Crippen LogP contribution in [0.25, 0.3) is 0 Å². The Kier molecular flexibility index (Phi) is 2.65. The van der Waals surface area contributed by atoms with Crippen LogP contribution in [0.3, 0.4) is 0 Å². The van der Waals surface area contributed by atoms with Gasteiger partial charge in [0.25, 0.3) is 5.91 Å². The summed E-state index contributed by atoms with van der Waals surface area (Å²) in [6.45, 7) is 1.39. The number of amides is 1. The van der Waals surface area contributed by atoms with Crippen LogP contribution in [0.4, 0.5) is 0 Å². The molecule has 70 valence electrons. The van der Waals surface area contributed by atoms with Crippen LogP contribution in [0.1, 0.15) is 12.5 Å². The van der Waals surface area contributed by atoms with Crippen molar-refractivity contribution < 1.29 is 9.90 Å². The molecule has 0 saturated carbocycles. The van der Waals surface area contributed by atoms with E-state index in [-0.39, 0.29) is 0 Å². The molecule has 1 amide bonds. The van der Waals surface area contributed by atoms with Crippen LogP contribution >= 0.6 is 0 Å². The van der Waals surface area contributed by atoms with E-state index in [1.165, 1.54) is 6.92 Å². The molecule has 4 heteroatoms. The second-order valence-corrected chi connectivity index (χ2v) is 2.91. The average molecular weight is 180 g/mol. The van der Waals surface area contributed by atoms with E-state index in [9.17, 15) is 9.90 Å². The minimum absolute atomic E-state index is 0.512. The highest BCUT2D eigenvalue weighted by atomic mass is 16.3. The number of nitrogens with one attached hydrogen (secondary N) is 1. The number of nitrogens with two attached hydrogens (primary N) is 1. The Morgan fingerprint density at radius 2 is 2.00 bits per heavy atom. The van der Waals surface area contributed by atoms with E-state index in [2.05, 4.69) is 0 Å². The van der Waals surface area contributed by atoms with Gasteiger partial charge >= 0.3 is 0 Å². The number of carbonyl (C=O) groups excluding carboxylic acids is 1. The Balaban J connectivity index is 3.00. The van der Waals surface area contributed by atoms with E-state index >= 15 is 0 Å². The summed E-state index contributed by atoms with van der Waals surface area (Å²) in [6.07, 6.45) is 0. The second kappa shape index (κ2) is 3.55. The third kappa shape index (κ3) is 1.85. The summed E-state index contributed by atoms with van der Waals surface area (Å²) < 4.78 is 0. The Bertz CT molecular complexity index is 296. The molecule has 0 bridgehead atoms. The number of hydrogen-bond donors (Lipinski definition) is 3. The summed E-state index contributed by atoms with van der Waals surface area (Å²) in [5.74, 6) is 4.31. The van der Waals surface area contributed by atoms with Crippen LogP contribution in [-0.4, -0.2) is 11.0 Å². The average Bonchev–Trinajstić information content (AvgIpc) is 2.18. The fourth-order valence-electron chi connectivity index (χ4n) is 1.03. The zero-order valence-corrected chi connectivity index (χ0v) is 7.32. The molecule has 1 unspecified atom stereocenters. The minimum atomic E-state index is -1.57. The quantitative estimate of drug-likeness (QED) is 0.337. The fraction of sp³-hybridized carbons (Fsp3) is 0.222. The van der Waals surface area contributed by atoms with E-state index in [0.29, 0.717) is 5.56 Å². The molecule has 0 aliphatic heterocycles. The van der Waals surface area contributed by atoms with Crippen molar-refractivity contribution in [2.24, 2.45) is 5.84 Å². The molecule has 1 aromatic rings. The Morgan fingerprint density at radius 3 is 2.46 bits per heavy atom. The van der Waals surface area contributed by atoms with E-state index < -0.39 is 11.5 Å². The van der Waals surface area contributed by atoms with Gasteiger partial charge in [-0.05, 0) is 12.5 Å². The van der Waals surface area contributed by atoms with Gasteiger partial charge in [0.1, 0.15) is 0 Å². The third-order valence-corrected chi connectivity index (χ3v) is 1.91. The number of hydrazine groups is 1. The smallest absolute Gasteiger partial charge is 0.270 e. The normalized spacial score (nSPS) is 14.7. The first-order chi connectivity index (χ1) is 6.09. The summed E-state index contributed by atoms with van der Waals surface area (Å²) in [5.41, 5.74) is 0.853. The standard InChI is InChI=1S/C9H12N2O2/c1-9(13,8(12)11-10)7-5-3-2-4-6-7/h2-6,13H,10H2,1H3,(H,11,12). The van der Waals surface area contributed by atoms with Gasteiger partial charge in [-0.25, -0.2) is 5.84 Å². The van der Waals surface area contributed by atoms with Crippen molar-refractivity contribution in [1.82, 2.24) is 5.43 Å². The zero-order chi connectivity index (χ0) is 9.90. The van der Waals surface area contributed by atoms with Crippen molar-refractivity contribution in [1.29, 1.82) is 0 Å². The predicted molar refractivity (Wildman–Crippen MR) is 48.3 cm³/mol. The van der Waals surface area contributed by atoms with E-state index in [4.69, 9.17) is 5.84 Å². The van der Waals surface area contributed by atoms with Crippen LogP contribution in [-0.2, 0) is 10.4 Å². The summed E-state index contributed by atoms with van der Waals surface area (Å²) in [4.78, 5) is 11.1. The van der Waals surface area contributed by atoms with Gasteiger partial charge in [0, 0.05) is 0 Å². The maximum Gasteiger partial charge on any atom is 0.270 e. The van der Waals surface area contributed by atoms with Crippen LogP contribution in [0.5, 0.6) is 0 Å². The van der Waals surface area contributed by atoms with Crippen LogP contribution in [0, 0.1) is 0 Å². The number of aliphatic hydroxyl groups is 1. The van der Waals surface area contributed by atoms with Gasteiger partial charge in [-0.3, -0.25) is 10.2 Å². The van der Waals surface area contributed by atoms with Crippen molar-refractivity contribution in [2.75, 3.05) is 0 Å². The highest BCUT2D eigenvalue weighted by Gasteiger charge is 2.31. The Morgan fingerprint density at radius 1 is 1.46 bits per heavy atom. The maximum absolute atomic E-state index is 11.1. The fourth-order valence-corrected chi connectivity index (χ4v) is 1.03. The second-order valence-electron chi connectivity index (χ2n) is 2.91. The molecule has 0 aliphatic rings. The predicted octanol–water partition coefficient (Wildman–Crippen LogP) is -0.116. The molecule has 0 spiro atoms. The van der Waals surface area contributed by atoms with Crippen LogP contribution in [0.15, 0.2) is 30.3 Å². The molecular formula is C9H12N2O2. The van der Waals surface area contributed by atoms with E-state index in [1.807, 2.05) is 5.43 Å². The lowest BCUT2D eigenvalue weighted by Crippen LogP contribution is -2.45. The number of hydrogen-bond acceptors (Lipinski definition) is 3. The molecule has 1 atom stereocenters. The Labute approximate surface area is 76.3 Å². The first-order valence-electron chi connectivity index (χ1n) is 3.88. The number of carbonyl (C=O) groups is 1. The molecular weight excluding hydrogens is 168 g/mol. The molecule has 1 aromatic carbocycles. The summed E-state index contributed by atoms with van der Waals surface area (Å²) >= 11 is 0. The van der Waals surface area contributed by atoms with Crippen molar-refractivity contribution in [3.63, 3.8) is 0 Å². The summed E-state index contributed by atoms with van der Waals surface area (Å²) in [7, 11) is 0. The molecule has 0 fully saturated rings. The molecule has 0 aromatic heterocycles. The van der Waals surface area contributed by atoms with Crippen LogP contribution in [0.2, 0.25) is 0 Å². The minimum Gasteiger partial charge on any atom is -0.375 e. The first-order valence-corrected chi connectivity index (χ1v) is 3.88. The number of benzene rings is 1. The highest BCUT2D eigenvalue weighted by molar-refractivity contribution is 5.85. The maximum atomic E-state index is 11.1. The van der Waals surface area contributed by atoms with Crippen molar-refractivity contribution >= 4 is 5.91 Å². The monoisotopic (exact) mass is 180 g/mol.